The number of hydrogen-bond donors (Lipinski definition) is 2. The molecule has 1 aliphatic rings. The molecule has 6 nitrogen and oxygen atoms in total. The Morgan fingerprint density at radius 2 is 2.05 bits per heavy atom. The van der Waals surface area contributed by atoms with Gasteiger partial charge < -0.3 is 15.8 Å². The summed E-state index contributed by atoms with van der Waals surface area (Å²) in [4.78, 5) is 24.2. The molecule has 0 atom stereocenters. The molecule has 0 spiro atoms. The molecule has 1 aromatic rings. The monoisotopic (exact) mass is 293 g/mol. The number of ether oxygens (including phenoxy) is 1. The van der Waals surface area contributed by atoms with Gasteiger partial charge in [-0.15, -0.1) is 0 Å². The third-order valence-electron chi connectivity index (χ3n) is 2.82. The lowest BCUT2D eigenvalue weighted by molar-refractivity contribution is -0.125. The zero-order valence-corrected chi connectivity index (χ0v) is 11.6. The van der Waals surface area contributed by atoms with Crippen molar-refractivity contribution in [2.45, 2.75) is 6.42 Å². The Hall–Kier alpha value is -2.15. The van der Waals surface area contributed by atoms with Crippen LogP contribution in [0.5, 0.6) is 5.75 Å². The van der Waals surface area contributed by atoms with Crippen molar-refractivity contribution >= 4 is 29.1 Å². The van der Waals surface area contributed by atoms with E-state index < -0.39 is 0 Å². The van der Waals surface area contributed by atoms with Crippen LogP contribution in [-0.4, -0.2) is 41.5 Å². The molecule has 1 saturated heterocycles. The molecule has 0 radical (unpaired) electrons. The van der Waals surface area contributed by atoms with Crippen molar-refractivity contribution < 1.29 is 14.3 Å². The molecule has 0 unspecified atom stereocenters. The van der Waals surface area contributed by atoms with Crippen molar-refractivity contribution in [2.24, 2.45) is 5.73 Å². The van der Waals surface area contributed by atoms with Gasteiger partial charge in [0.25, 0.3) is 0 Å². The van der Waals surface area contributed by atoms with Crippen molar-refractivity contribution in [2.75, 3.05) is 19.7 Å². The minimum atomic E-state index is -0.370. The SMILES string of the molecule is NC(=S)Cc1ccc(OCCN2C(=O)CNC2=O)cc1. The summed E-state index contributed by atoms with van der Waals surface area (Å²) in [6.45, 7) is 0.555. The molecule has 106 valence electrons. The van der Waals surface area contributed by atoms with Crippen LogP contribution in [-0.2, 0) is 11.2 Å². The zero-order chi connectivity index (χ0) is 14.5. The normalized spacial score (nSPS) is 14.3. The van der Waals surface area contributed by atoms with Crippen molar-refractivity contribution in [1.82, 2.24) is 10.2 Å². The zero-order valence-electron chi connectivity index (χ0n) is 10.8. The fourth-order valence-corrected chi connectivity index (χ4v) is 2.01. The van der Waals surface area contributed by atoms with E-state index in [2.05, 4.69) is 5.32 Å². The van der Waals surface area contributed by atoms with Crippen LogP contribution in [0.4, 0.5) is 4.79 Å². The highest BCUT2D eigenvalue weighted by atomic mass is 32.1. The topological polar surface area (TPSA) is 84.7 Å². The minimum absolute atomic E-state index is 0.0620. The highest BCUT2D eigenvalue weighted by Gasteiger charge is 2.27. The molecule has 0 saturated carbocycles. The van der Waals surface area contributed by atoms with Crippen LogP contribution in [0.25, 0.3) is 0 Å². The van der Waals surface area contributed by atoms with Crippen molar-refractivity contribution in [3.8, 4) is 5.75 Å². The van der Waals surface area contributed by atoms with Crippen molar-refractivity contribution in [1.29, 1.82) is 0 Å². The molecule has 0 aromatic heterocycles. The number of nitrogens with one attached hydrogen (secondary N) is 1. The van der Waals surface area contributed by atoms with Crippen LogP contribution in [0.2, 0.25) is 0 Å². The molecule has 7 heteroatoms. The Labute approximate surface area is 121 Å². The molecule has 0 bridgehead atoms. The van der Waals surface area contributed by atoms with E-state index in [1.165, 1.54) is 0 Å². The fraction of sp³-hybridized carbons (Fsp3) is 0.308. The van der Waals surface area contributed by atoms with Crippen molar-refractivity contribution in [3.63, 3.8) is 0 Å². The lowest BCUT2D eigenvalue weighted by atomic mass is 10.1. The second kappa shape index (κ2) is 6.33. The standard InChI is InChI=1S/C13H15N3O3S/c14-11(20)7-9-1-3-10(4-2-9)19-6-5-16-12(17)8-15-13(16)18/h1-4H,5-8H2,(H2,14,20)(H,15,18). The maximum absolute atomic E-state index is 11.3. The van der Waals surface area contributed by atoms with Gasteiger partial charge in [0.05, 0.1) is 18.1 Å². The maximum Gasteiger partial charge on any atom is 0.324 e. The fourth-order valence-electron chi connectivity index (χ4n) is 1.84. The highest BCUT2D eigenvalue weighted by molar-refractivity contribution is 7.80. The summed E-state index contributed by atoms with van der Waals surface area (Å²) < 4.78 is 5.49. The number of nitrogens with two attached hydrogens (primary N) is 1. The minimum Gasteiger partial charge on any atom is -0.492 e. The largest absolute Gasteiger partial charge is 0.492 e. The molecule has 20 heavy (non-hydrogen) atoms. The molecular formula is C13H15N3O3S. The molecule has 1 aromatic carbocycles. The summed E-state index contributed by atoms with van der Waals surface area (Å²) in [7, 11) is 0. The van der Waals surface area contributed by atoms with Crippen LogP contribution >= 0.6 is 12.2 Å². The summed E-state index contributed by atoms with van der Waals surface area (Å²) in [6, 6.07) is 6.99. The Morgan fingerprint density at radius 1 is 1.35 bits per heavy atom. The molecule has 0 aliphatic carbocycles. The molecule has 1 fully saturated rings. The summed E-state index contributed by atoms with van der Waals surface area (Å²) in [6.07, 6.45) is 0.554. The number of amides is 3. The molecule has 3 N–H and O–H groups in total. The number of benzene rings is 1. The van der Waals surface area contributed by atoms with Crippen molar-refractivity contribution in [3.05, 3.63) is 29.8 Å². The average Bonchev–Trinajstić information content (AvgIpc) is 2.72. The Balaban J connectivity index is 1.81. The van der Waals surface area contributed by atoms with Gasteiger partial charge in [-0.25, -0.2) is 4.79 Å². The van der Waals surface area contributed by atoms with Crippen LogP contribution in [0.1, 0.15) is 5.56 Å². The number of thiocarbonyl (C=S) groups is 1. The quantitative estimate of drug-likeness (QED) is 0.587. The number of carbonyl (C=O) groups is 2. The lowest BCUT2D eigenvalue weighted by Gasteiger charge is -2.13. The van der Waals surface area contributed by atoms with E-state index in [-0.39, 0.29) is 31.6 Å². The van der Waals surface area contributed by atoms with Crippen LogP contribution in [0.15, 0.2) is 24.3 Å². The lowest BCUT2D eigenvalue weighted by Crippen LogP contribution is -2.34. The first-order chi connectivity index (χ1) is 9.56. The van der Waals surface area contributed by atoms with Gasteiger partial charge in [-0.05, 0) is 17.7 Å². The summed E-state index contributed by atoms with van der Waals surface area (Å²) >= 11 is 4.83. The van der Waals surface area contributed by atoms with E-state index in [9.17, 15) is 9.59 Å². The smallest absolute Gasteiger partial charge is 0.324 e. The van der Waals surface area contributed by atoms with Gasteiger partial charge >= 0.3 is 6.03 Å². The van der Waals surface area contributed by atoms with Crippen LogP contribution in [0.3, 0.4) is 0 Å². The average molecular weight is 293 g/mol. The molecule has 3 amide bonds. The number of hydrogen-bond acceptors (Lipinski definition) is 4. The number of rotatable bonds is 6. The molecule has 1 aliphatic heterocycles. The highest BCUT2D eigenvalue weighted by Crippen LogP contribution is 2.13. The predicted octanol–water partition coefficient (Wildman–Crippen LogP) is 0.446. The second-order valence-electron chi connectivity index (χ2n) is 4.34. The van der Waals surface area contributed by atoms with Gasteiger partial charge in [0, 0.05) is 6.42 Å². The van der Waals surface area contributed by atoms with Crippen LogP contribution < -0.4 is 15.8 Å². The molecule has 1 heterocycles. The van der Waals surface area contributed by atoms with Gasteiger partial charge in [-0.2, -0.15) is 0 Å². The number of carbonyl (C=O) groups excluding carboxylic acids is 2. The van der Waals surface area contributed by atoms with Gasteiger partial charge in [0.15, 0.2) is 0 Å². The van der Waals surface area contributed by atoms with E-state index in [0.29, 0.717) is 17.2 Å². The molecule has 2 rings (SSSR count). The van der Waals surface area contributed by atoms with E-state index in [0.717, 1.165) is 10.5 Å². The van der Waals surface area contributed by atoms with E-state index in [1.54, 1.807) is 12.1 Å². The Bertz CT molecular complexity index is 514. The predicted molar refractivity (Wildman–Crippen MR) is 77.5 cm³/mol. The van der Waals surface area contributed by atoms with Gasteiger partial charge in [0.2, 0.25) is 5.91 Å². The van der Waals surface area contributed by atoms with Gasteiger partial charge in [0.1, 0.15) is 12.4 Å². The first-order valence-electron chi connectivity index (χ1n) is 6.14. The number of urea groups is 1. The first-order valence-corrected chi connectivity index (χ1v) is 6.55. The Morgan fingerprint density at radius 3 is 2.60 bits per heavy atom. The summed E-state index contributed by atoms with van der Waals surface area (Å²) in [5, 5.41) is 2.45. The van der Waals surface area contributed by atoms with E-state index >= 15 is 0 Å². The van der Waals surface area contributed by atoms with Crippen LogP contribution in [0, 0.1) is 0 Å². The number of imide groups is 1. The number of nitrogens with zero attached hydrogens (tertiary/aromatic N) is 1. The summed E-state index contributed by atoms with van der Waals surface area (Å²) in [5.41, 5.74) is 6.48. The second-order valence-corrected chi connectivity index (χ2v) is 4.86. The van der Waals surface area contributed by atoms with E-state index in [1.807, 2.05) is 12.1 Å². The van der Waals surface area contributed by atoms with E-state index in [4.69, 9.17) is 22.7 Å². The third kappa shape index (κ3) is 3.67. The van der Waals surface area contributed by atoms with Gasteiger partial charge in [-0.3, -0.25) is 9.69 Å². The Kier molecular flexibility index (Phi) is 4.52. The molecular weight excluding hydrogens is 278 g/mol. The third-order valence-corrected chi connectivity index (χ3v) is 2.97. The maximum atomic E-state index is 11.3. The van der Waals surface area contributed by atoms with Gasteiger partial charge in [-0.1, -0.05) is 24.4 Å². The summed E-state index contributed by atoms with van der Waals surface area (Å²) in [5.74, 6) is 0.439. The first kappa shape index (κ1) is 14.3.